The molecule has 3 rings (SSSR count). The molecule has 0 bridgehead atoms. The number of thiophene rings is 1. The predicted octanol–water partition coefficient (Wildman–Crippen LogP) is 5.27. The zero-order valence-electron chi connectivity index (χ0n) is 19.5. The molecular weight excluding hydrogens is 438 g/mol. The van der Waals surface area contributed by atoms with E-state index in [1.54, 1.807) is 25.6 Å². The summed E-state index contributed by atoms with van der Waals surface area (Å²) in [6.45, 7) is 2.57. The third-order valence-corrected chi connectivity index (χ3v) is 6.80. The maximum Gasteiger partial charge on any atom is 0.303 e. The van der Waals surface area contributed by atoms with Crippen LogP contribution >= 0.6 is 11.3 Å². The van der Waals surface area contributed by atoms with Gasteiger partial charge in [-0.15, -0.1) is 0 Å². The summed E-state index contributed by atoms with van der Waals surface area (Å²) in [6.07, 6.45) is 6.65. The molecule has 178 valence electrons. The largest absolute Gasteiger partial charge is 0.496 e. The molecule has 6 nitrogen and oxygen atoms in total. The summed E-state index contributed by atoms with van der Waals surface area (Å²) < 4.78 is 13.1. The molecule has 3 aromatic rings. The second-order valence-electron chi connectivity index (χ2n) is 8.39. The molecule has 33 heavy (non-hydrogen) atoms. The van der Waals surface area contributed by atoms with E-state index < -0.39 is 12.1 Å². The lowest BCUT2D eigenvalue weighted by Crippen LogP contribution is -2.19. The van der Waals surface area contributed by atoms with Gasteiger partial charge in [-0.1, -0.05) is 0 Å². The first-order valence-corrected chi connectivity index (χ1v) is 12.1. The van der Waals surface area contributed by atoms with Crippen molar-refractivity contribution in [3.63, 3.8) is 0 Å². The number of benzene rings is 1. The standard InChI is InChI=1S/C26H33NO5S/c1-18-23(31-2)13-22(14-24(18)32-3)26(30)21(6-4-5-20-10-12-33-17-20)16-27-11-9-19(15-27)7-8-25(28)29/h9-15,17,21,26,30H,4-8,16H2,1-3H3,(H,28,29)/t21-,26-/m0/s1. The van der Waals surface area contributed by atoms with E-state index in [1.807, 2.05) is 37.5 Å². The number of aliphatic hydroxyl groups is 1. The highest BCUT2D eigenvalue weighted by atomic mass is 32.1. The number of nitrogens with zero attached hydrogens (tertiary/aromatic N) is 1. The van der Waals surface area contributed by atoms with Crippen LogP contribution in [0.2, 0.25) is 0 Å². The molecule has 0 saturated carbocycles. The number of hydrogen-bond acceptors (Lipinski definition) is 5. The first-order valence-electron chi connectivity index (χ1n) is 11.2. The van der Waals surface area contributed by atoms with Gasteiger partial charge in [0.25, 0.3) is 0 Å². The van der Waals surface area contributed by atoms with Gasteiger partial charge in [0.2, 0.25) is 0 Å². The lowest BCUT2D eigenvalue weighted by molar-refractivity contribution is -0.136. The van der Waals surface area contributed by atoms with Gasteiger partial charge in [0, 0.05) is 36.8 Å². The molecule has 1 aromatic carbocycles. The normalized spacial score (nSPS) is 13.0. The van der Waals surface area contributed by atoms with Crippen molar-refractivity contribution in [1.29, 1.82) is 0 Å². The molecule has 0 spiro atoms. The number of carboxylic acids is 1. The molecule has 2 N–H and O–H groups in total. The van der Waals surface area contributed by atoms with E-state index >= 15 is 0 Å². The van der Waals surface area contributed by atoms with Crippen LogP contribution < -0.4 is 9.47 Å². The van der Waals surface area contributed by atoms with E-state index in [0.717, 1.165) is 36.0 Å². The molecule has 0 aliphatic carbocycles. The van der Waals surface area contributed by atoms with Crippen LogP contribution in [0.5, 0.6) is 11.5 Å². The lowest BCUT2D eigenvalue weighted by Gasteiger charge is -2.25. The zero-order chi connectivity index (χ0) is 23.8. The van der Waals surface area contributed by atoms with Crippen LogP contribution in [0.4, 0.5) is 0 Å². The van der Waals surface area contributed by atoms with E-state index in [9.17, 15) is 9.90 Å². The third kappa shape index (κ3) is 6.85. The maximum atomic E-state index is 11.4. The minimum absolute atomic E-state index is 0.0273. The molecule has 0 fully saturated rings. The average molecular weight is 472 g/mol. The zero-order valence-corrected chi connectivity index (χ0v) is 20.3. The molecule has 2 heterocycles. The highest BCUT2D eigenvalue weighted by molar-refractivity contribution is 7.07. The topological polar surface area (TPSA) is 80.9 Å². The van der Waals surface area contributed by atoms with Gasteiger partial charge in [-0.3, -0.25) is 4.79 Å². The number of methoxy groups -OCH3 is 2. The van der Waals surface area contributed by atoms with Gasteiger partial charge in [-0.2, -0.15) is 11.3 Å². The number of rotatable bonds is 13. The second kappa shape index (κ2) is 11.9. The molecule has 0 aliphatic rings. The molecule has 2 aromatic heterocycles. The van der Waals surface area contributed by atoms with Gasteiger partial charge in [0.05, 0.1) is 20.3 Å². The molecule has 0 saturated heterocycles. The van der Waals surface area contributed by atoms with E-state index in [-0.39, 0.29) is 12.3 Å². The van der Waals surface area contributed by atoms with Crippen molar-refractivity contribution in [1.82, 2.24) is 4.57 Å². The minimum Gasteiger partial charge on any atom is -0.496 e. The van der Waals surface area contributed by atoms with Crippen molar-refractivity contribution in [2.45, 2.75) is 51.7 Å². The Kier molecular flexibility index (Phi) is 8.97. The summed E-state index contributed by atoms with van der Waals surface area (Å²) in [7, 11) is 3.24. The Morgan fingerprint density at radius 3 is 2.45 bits per heavy atom. The summed E-state index contributed by atoms with van der Waals surface area (Å²) in [4.78, 5) is 10.9. The third-order valence-electron chi connectivity index (χ3n) is 6.07. The summed E-state index contributed by atoms with van der Waals surface area (Å²) >= 11 is 1.70. The molecule has 0 amide bonds. The van der Waals surface area contributed by atoms with Gasteiger partial charge < -0.3 is 24.3 Å². The number of ether oxygens (including phenoxy) is 2. The Hall–Kier alpha value is -2.77. The van der Waals surface area contributed by atoms with Gasteiger partial charge >= 0.3 is 5.97 Å². The SMILES string of the molecule is COc1cc([C@@H](O)[C@@H](CCCc2ccsc2)Cn2ccc(CCC(=O)O)c2)cc(OC)c1C. The Morgan fingerprint density at radius 2 is 1.85 bits per heavy atom. The average Bonchev–Trinajstić information content (AvgIpc) is 3.49. The van der Waals surface area contributed by atoms with Crippen LogP contribution in [0.1, 0.15) is 47.6 Å². The summed E-state index contributed by atoms with van der Waals surface area (Å²) in [5.41, 5.74) is 3.98. The first kappa shape index (κ1) is 24.9. The Morgan fingerprint density at radius 1 is 1.12 bits per heavy atom. The van der Waals surface area contributed by atoms with Crippen LogP contribution in [0.25, 0.3) is 0 Å². The number of aliphatic hydroxyl groups excluding tert-OH is 1. The smallest absolute Gasteiger partial charge is 0.303 e. The van der Waals surface area contributed by atoms with Crippen molar-refractivity contribution >= 4 is 17.3 Å². The van der Waals surface area contributed by atoms with Crippen molar-refractivity contribution < 1.29 is 24.5 Å². The summed E-state index contributed by atoms with van der Waals surface area (Å²) in [5, 5.41) is 24.6. The monoisotopic (exact) mass is 471 g/mol. The van der Waals surface area contributed by atoms with Gasteiger partial charge in [-0.25, -0.2) is 0 Å². The Labute approximate surface area is 199 Å². The summed E-state index contributed by atoms with van der Waals surface area (Å²) in [5.74, 6) is 0.557. The van der Waals surface area contributed by atoms with Gasteiger partial charge in [0.1, 0.15) is 11.5 Å². The van der Waals surface area contributed by atoms with Crippen LogP contribution in [0, 0.1) is 12.8 Å². The number of carboxylic acid groups (broad SMARTS) is 1. The molecule has 7 heteroatoms. The van der Waals surface area contributed by atoms with E-state index in [0.29, 0.717) is 24.5 Å². The highest BCUT2D eigenvalue weighted by Gasteiger charge is 2.24. The fourth-order valence-corrected chi connectivity index (χ4v) is 4.88. The number of aliphatic carboxylic acids is 1. The van der Waals surface area contributed by atoms with E-state index in [1.165, 1.54) is 5.56 Å². The van der Waals surface area contributed by atoms with Crippen molar-refractivity contribution in [2.24, 2.45) is 5.92 Å². The van der Waals surface area contributed by atoms with Crippen molar-refractivity contribution in [3.05, 3.63) is 69.7 Å². The predicted molar refractivity (Wildman–Crippen MR) is 130 cm³/mol. The number of aryl methyl sites for hydroxylation is 2. The molecule has 2 atom stereocenters. The van der Waals surface area contributed by atoms with Crippen LogP contribution in [-0.4, -0.2) is 35.0 Å². The van der Waals surface area contributed by atoms with Crippen LogP contribution in [0.3, 0.4) is 0 Å². The van der Waals surface area contributed by atoms with E-state index in [2.05, 4.69) is 21.4 Å². The lowest BCUT2D eigenvalue weighted by atomic mass is 9.89. The fraction of sp³-hybridized carbons (Fsp3) is 0.423. The fourth-order valence-electron chi connectivity index (χ4n) is 4.18. The summed E-state index contributed by atoms with van der Waals surface area (Å²) in [6, 6.07) is 7.88. The van der Waals surface area contributed by atoms with Crippen molar-refractivity contribution in [2.75, 3.05) is 14.2 Å². The first-order chi connectivity index (χ1) is 15.9. The minimum atomic E-state index is -0.799. The number of carbonyl (C=O) groups is 1. The number of hydrogen-bond donors (Lipinski definition) is 2. The molecule has 0 unspecified atom stereocenters. The van der Waals surface area contributed by atoms with Crippen LogP contribution in [0.15, 0.2) is 47.4 Å². The van der Waals surface area contributed by atoms with Crippen LogP contribution in [-0.2, 0) is 24.2 Å². The highest BCUT2D eigenvalue weighted by Crippen LogP contribution is 2.36. The molecule has 0 aliphatic heterocycles. The van der Waals surface area contributed by atoms with Gasteiger partial charge in [-0.05, 0) is 84.3 Å². The maximum absolute atomic E-state index is 11.4. The second-order valence-corrected chi connectivity index (χ2v) is 9.17. The van der Waals surface area contributed by atoms with E-state index in [4.69, 9.17) is 14.6 Å². The number of aromatic nitrogens is 1. The van der Waals surface area contributed by atoms with Crippen molar-refractivity contribution in [3.8, 4) is 11.5 Å². The Balaban J connectivity index is 1.79. The van der Waals surface area contributed by atoms with Gasteiger partial charge in [0.15, 0.2) is 0 Å². The molecule has 0 radical (unpaired) electrons. The quantitative estimate of drug-likeness (QED) is 0.355. The molecular formula is C26H33NO5S. The Bertz CT molecular complexity index is 1000.